The molecule has 2 atom stereocenters. The number of hydrogen-bond acceptors (Lipinski definition) is 10. The summed E-state index contributed by atoms with van der Waals surface area (Å²) >= 11 is 12.0. The zero-order valence-electron chi connectivity index (χ0n) is 22.2. The van der Waals surface area contributed by atoms with Gasteiger partial charge < -0.3 is 31.0 Å². The van der Waals surface area contributed by atoms with Crippen LogP contribution in [0.15, 0.2) is 80.5 Å². The fourth-order valence-corrected chi connectivity index (χ4v) is 4.71. The van der Waals surface area contributed by atoms with Gasteiger partial charge in [0, 0.05) is 24.1 Å². The summed E-state index contributed by atoms with van der Waals surface area (Å²) in [5, 5.41) is 31.6. The molecular formula is C28H24Cl2N8O4. The van der Waals surface area contributed by atoms with Gasteiger partial charge in [-0.05, 0) is 47.5 Å². The Kier molecular flexibility index (Phi) is 8.31. The first-order valence-corrected chi connectivity index (χ1v) is 13.3. The van der Waals surface area contributed by atoms with Crippen LogP contribution in [-0.4, -0.2) is 55.7 Å². The topological polar surface area (TPSA) is 181 Å². The molecule has 0 spiro atoms. The lowest BCUT2D eigenvalue weighted by Crippen LogP contribution is -2.28. The van der Waals surface area contributed by atoms with Crippen molar-refractivity contribution in [2.75, 3.05) is 14.1 Å². The van der Waals surface area contributed by atoms with Crippen molar-refractivity contribution in [3.8, 4) is 0 Å². The first-order chi connectivity index (χ1) is 20.2. The second-order valence-corrected chi connectivity index (χ2v) is 9.94. The first-order valence-electron chi connectivity index (χ1n) is 12.5. The number of hydrogen-bond donors (Lipinski definition) is 6. The van der Waals surface area contributed by atoms with Crippen LogP contribution in [0, 0.1) is 0 Å². The standard InChI is InChI=1S/C28H24Cl2N8O4/c1-31-37-21(23-27(41)35-19-11-15(29)7-9-17(19)33-23)25(39)13-3-5-14(6-4-13)26(40)22(38-32-2)24-28(42)36-20-12-16(30)8-10-18(20)34-24/h3-12,25-26,31-32,39-40H,1-2H3,(H,35,41)(H,36,42)/b37-21-,38-22+. The zero-order chi connectivity index (χ0) is 30.0. The quantitative estimate of drug-likeness (QED) is 0.115. The molecule has 0 bridgehead atoms. The molecule has 5 aromatic rings. The number of rotatable bonds is 8. The molecule has 2 aromatic heterocycles. The van der Waals surface area contributed by atoms with E-state index in [9.17, 15) is 19.8 Å². The van der Waals surface area contributed by atoms with Gasteiger partial charge in [0.25, 0.3) is 11.1 Å². The molecular weight excluding hydrogens is 583 g/mol. The van der Waals surface area contributed by atoms with Crippen LogP contribution < -0.4 is 22.0 Å². The lowest BCUT2D eigenvalue weighted by atomic mass is 9.97. The van der Waals surface area contributed by atoms with E-state index in [1.54, 1.807) is 60.7 Å². The molecule has 14 heteroatoms. The van der Waals surface area contributed by atoms with Gasteiger partial charge in [-0.15, -0.1) is 0 Å². The number of nitrogens with zero attached hydrogens (tertiary/aromatic N) is 4. The number of nitrogens with one attached hydrogen (secondary N) is 4. The van der Waals surface area contributed by atoms with Crippen molar-refractivity contribution in [3.05, 3.63) is 114 Å². The predicted octanol–water partition coefficient (Wildman–Crippen LogP) is 2.78. The monoisotopic (exact) mass is 606 g/mol. The highest BCUT2D eigenvalue weighted by molar-refractivity contribution is 6.31. The predicted molar refractivity (Wildman–Crippen MR) is 162 cm³/mol. The maximum absolute atomic E-state index is 12.9. The molecule has 0 radical (unpaired) electrons. The molecule has 0 saturated carbocycles. The van der Waals surface area contributed by atoms with Crippen LogP contribution in [0.2, 0.25) is 10.0 Å². The van der Waals surface area contributed by atoms with Gasteiger partial charge in [-0.25, -0.2) is 9.97 Å². The highest BCUT2D eigenvalue weighted by Gasteiger charge is 2.25. The number of halogens is 2. The summed E-state index contributed by atoms with van der Waals surface area (Å²) in [6.45, 7) is 0. The van der Waals surface area contributed by atoms with Crippen molar-refractivity contribution in [2.45, 2.75) is 12.2 Å². The second kappa shape index (κ2) is 12.1. The highest BCUT2D eigenvalue weighted by Crippen LogP contribution is 2.24. The van der Waals surface area contributed by atoms with E-state index >= 15 is 0 Å². The first kappa shape index (κ1) is 28.9. The van der Waals surface area contributed by atoms with Crippen molar-refractivity contribution in [2.24, 2.45) is 10.2 Å². The van der Waals surface area contributed by atoms with E-state index in [2.05, 4.69) is 41.0 Å². The largest absolute Gasteiger partial charge is 0.382 e. The van der Waals surface area contributed by atoms with Crippen molar-refractivity contribution in [3.63, 3.8) is 0 Å². The van der Waals surface area contributed by atoms with Crippen LogP contribution in [0.4, 0.5) is 0 Å². The minimum absolute atomic E-state index is 0.0201. The number of aromatic nitrogens is 4. The van der Waals surface area contributed by atoms with Gasteiger partial charge in [-0.3, -0.25) is 9.59 Å². The van der Waals surface area contributed by atoms with Crippen LogP contribution in [0.25, 0.3) is 22.1 Å². The molecule has 0 saturated heterocycles. The molecule has 2 unspecified atom stereocenters. The fraction of sp³-hybridized carbons (Fsp3) is 0.143. The van der Waals surface area contributed by atoms with E-state index in [-0.39, 0.29) is 22.8 Å². The Morgan fingerprint density at radius 3 is 1.45 bits per heavy atom. The molecule has 12 nitrogen and oxygen atoms in total. The van der Waals surface area contributed by atoms with E-state index < -0.39 is 23.3 Å². The van der Waals surface area contributed by atoms with Gasteiger partial charge in [0.05, 0.1) is 22.1 Å². The highest BCUT2D eigenvalue weighted by atomic mass is 35.5. The summed E-state index contributed by atoms with van der Waals surface area (Å²) in [6.07, 6.45) is -2.71. The maximum Gasteiger partial charge on any atom is 0.276 e. The summed E-state index contributed by atoms with van der Waals surface area (Å²) in [4.78, 5) is 39.9. The second-order valence-electron chi connectivity index (χ2n) is 9.07. The molecule has 0 amide bonds. The molecule has 6 N–H and O–H groups in total. The summed E-state index contributed by atoms with van der Waals surface area (Å²) < 4.78 is 0. The van der Waals surface area contributed by atoms with Crippen LogP contribution in [0.3, 0.4) is 0 Å². The third-order valence-corrected chi connectivity index (χ3v) is 6.81. The Morgan fingerprint density at radius 1 is 0.714 bits per heavy atom. The molecule has 2 heterocycles. The molecule has 0 aliphatic heterocycles. The molecule has 5 rings (SSSR count). The number of aliphatic hydroxyl groups excluding tert-OH is 2. The van der Waals surface area contributed by atoms with Gasteiger partial charge in [-0.1, -0.05) is 47.5 Å². The zero-order valence-corrected chi connectivity index (χ0v) is 23.7. The summed E-state index contributed by atoms with van der Waals surface area (Å²) in [5.74, 6) is 0. The summed E-state index contributed by atoms with van der Waals surface area (Å²) in [5.41, 5.74) is 6.41. The van der Waals surface area contributed by atoms with Crippen LogP contribution in [-0.2, 0) is 0 Å². The van der Waals surface area contributed by atoms with Gasteiger partial charge in [0.15, 0.2) is 11.4 Å². The van der Waals surface area contributed by atoms with E-state index in [1.807, 2.05) is 0 Å². The number of hydrazone groups is 2. The summed E-state index contributed by atoms with van der Waals surface area (Å²) in [6, 6.07) is 15.9. The summed E-state index contributed by atoms with van der Waals surface area (Å²) in [7, 11) is 3.06. The van der Waals surface area contributed by atoms with Crippen molar-refractivity contribution in [1.29, 1.82) is 0 Å². The average Bonchev–Trinajstić information content (AvgIpc) is 2.97. The van der Waals surface area contributed by atoms with E-state index in [1.165, 1.54) is 14.1 Å². The minimum Gasteiger partial charge on any atom is -0.382 e. The number of aromatic amines is 2. The van der Waals surface area contributed by atoms with E-state index in [0.717, 1.165) is 0 Å². The number of fused-ring (bicyclic) bond motifs is 2. The Hall–Kier alpha value is -4.62. The van der Waals surface area contributed by atoms with Crippen LogP contribution in [0.5, 0.6) is 0 Å². The molecule has 0 fully saturated rings. The Morgan fingerprint density at radius 2 is 1.10 bits per heavy atom. The van der Waals surface area contributed by atoms with Gasteiger partial charge >= 0.3 is 0 Å². The van der Waals surface area contributed by atoms with Crippen molar-refractivity contribution < 1.29 is 10.2 Å². The number of aliphatic hydroxyl groups is 2. The minimum atomic E-state index is -1.36. The number of H-pyrrole nitrogens is 2. The lowest BCUT2D eigenvalue weighted by molar-refractivity contribution is 0.243. The van der Waals surface area contributed by atoms with Crippen molar-refractivity contribution in [1.82, 2.24) is 30.8 Å². The Labute approximate surface area is 247 Å². The fourth-order valence-electron chi connectivity index (χ4n) is 4.37. The van der Waals surface area contributed by atoms with Crippen LogP contribution in [0.1, 0.15) is 34.7 Å². The normalized spacial score (nSPS) is 13.8. The lowest BCUT2D eigenvalue weighted by Gasteiger charge is -2.17. The molecule has 0 aliphatic rings. The molecule has 42 heavy (non-hydrogen) atoms. The Bertz CT molecular complexity index is 1830. The molecule has 0 aliphatic carbocycles. The van der Waals surface area contributed by atoms with Gasteiger partial charge in [-0.2, -0.15) is 10.2 Å². The van der Waals surface area contributed by atoms with E-state index in [4.69, 9.17) is 23.2 Å². The number of benzene rings is 3. The smallest absolute Gasteiger partial charge is 0.276 e. The van der Waals surface area contributed by atoms with Gasteiger partial charge in [0.2, 0.25) is 0 Å². The van der Waals surface area contributed by atoms with Crippen molar-refractivity contribution >= 4 is 56.7 Å². The third-order valence-electron chi connectivity index (χ3n) is 6.34. The van der Waals surface area contributed by atoms with E-state index in [0.29, 0.717) is 43.2 Å². The maximum atomic E-state index is 12.9. The molecule has 3 aromatic carbocycles. The van der Waals surface area contributed by atoms with Crippen LogP contribution >= 0.6 is 23.2 Å². The SMILES string of the molecule is CN/N=C(/c1nc2ccc(Cl)cc2[nH]c1=O)C(O)c1ccc(C(O)/C(=N/NC)c2nc3ccc(Cl)cc3[nH]c2=O)cc1. The third kappa shape index (κ3) is 5.74. The van der Waals surface area contributed by atoms with Gasteiger partial charge in [0.1, 0.15) is 23.6 Å². The molecule has 214 valence electrons. The Balaban J connectivity index is 1.47. The average molecular weight is 607 g/mol.